The van der Waals surface area contributed by atoms with E-state index in [9.17, 15) is 14.7 Å². The van der Waals surface area contributed by atoms with Crippen LogP contribution in [0.2, 0.25) is 0 Å². The zero-order valence-electron chi connectivity index (χ0n) is 12.9. The predicted octanol–water partition coefficient (Wildman–Crippen LogP) is 2.68. The van der Waals surface area contributed by atoms with E-state index in [0.717, 1.165) is 10.8 Å². The third kappa shape index (κ3) is 2.99. The van der Waals surface area contributed by atoms with Gasteiger partial charge in [-0.25, -0.2) is 4.79 Å². The molecule has 1 unspecified atom stereocenters. The first-order valence-corrected chi connectivity index (χ1v) is 7.75. The molecule has 3 rings (SSSR count). The summed E-state index contributed by atoms with van der Waals surface area (Å²) in [5.41, 5.74) is 0. The van der Waals surface area contributed by atoms with Crippen molar-refractivity contribution in [2.24, 2.45) is 0 Å². The zero-order valence-corrected chi connectivity index (χ0v) is 12.9. The van der Waals surface area contributed by atoms with E-state index >= 15 is 0 Å². The Labute approximate surface area is 134 Å². The molecule has 1 heterocycles. The predicted molar refractivity (Wildman–Crippen MR) is 86.4 cm³/mol. The summed E-state index contributed by atoms with van der Waals surface area (Å²) in [4.78, 5) is 25.2. The zero-order chi connectivity index (χ0) is 16.4. The molecule has 0 saturated carbocycles. The molecular weight excluding hydrogens is 294 g/mol. The number of carbonyl (C=O) groups is 2. The summed E-state index contributed by atoms with van der Waals surface area (Å²) < 4.78 is 5.85. The topological polar surface area (TPSA) is 66.8 Å². The van der Waals surface area contributed by atoms with Crippen molar-refractivity contribution in [3.63, 3.8) is 0 Å². The normalized spacial score (nSPS) is 18.8. The molecule has 1 aliphatic heterocycles. The van der Waals surface area contributed by atoms with Gasteiger partial charge in [0.05, 0.1) is 0 Å². The molecular formula is C18H19NO4. The van der Waals surface area contributed by atoms with Crippen LogP contribution in [0.5, 0.6) is 5.75 Å². The monoisotopic (exact) mass is 313 g/mol. The molecule has 1 amide bonds. The van der Waals surface area contributed by atoms with Gasteiger partial charge >= 0.3 is 5.97 Å². The van der Waals surface area contributed by atoms with Gasteiger partial charge in [0, 0.05) is 11.9 Å². The smallest absolute Gasteiger partial charge is 0.326 e. The fraction of sp³-hybridized carbons (Fsp3) is 0.333. The van der Waals surface area contributed by atoms with E-state index in [-0.39, 0.29) is 5.91 Å². The van der Waals surface area contributed by atoms with Crippen LogP contribution in [-0.4, -0.2) is 40.6 Å². The Morgan fingerprint density at radius 2 is 1.96 bits per heavy atom. The molecule has 5 heteroatoms. The Bertz CT molecular complexity index is 737. The van der Waals surface area contributed by atoms with Crippen molar-refractivity contribution in [2.45, 2.75) is 31.9 Å². The maximum atomic E-state index is 12.5. The van der Waals surface area contributed by atoms with Gasteiger partial charge in [-0.1, -0.05) is 36.4 Å². The molecule has 23 heavy (non-hydrogen) atoms. The molecule has 2 aromatic rings. The van der Waals surface area contributed by atoms with Crippen LogP contribution in [0.1, 0.15) is 19.8 Å². The Morgan fingerprint density at radius 3 is 2.74 bits per heavy atom. The lowest BCUT2D eigenvalue weighted by Crippen LogP contribution is -2.46. The maximum Gasteiger partial charge on any atom is 0.326 e. The van der Waals surface area contributed by atoms with Gasteiger partial charge in [0.2, 0.25) is 0 Å². The standard InChI is InChI=1S/C18H19NO4/c1-12(17(20)19-11-5-9-15(19)18(21)22)23-16-10-4-7-13-6-2-3-8-14(13)16/h2-4,6-8,10,12,15H,5,9,11H2,1H3,(H,21,22)/t12?,15-/m0/s1. The highest BCUT2D eigenvalue weighted by atomic mass is 16.5. The summed E-state index contributed by atoms with van der Waals surface area (Å²) in [6.45, 7) is 2.14. The van der Waals surface area contributed by atoms with Crippen LogP contribution in [0.3, 0.4) is 0 Å². The van der Waals surface area contributed by atoms with Crippen LogP contribution in [0.4, 0.5) is 0 Å². The molecule has 1 saturated heterocycles. The van der Waals surface area contributed by atoms with Gasteiger partial charge in [-0.3, -0.25) is 4.79 Å². The summed E-state index contributed by atoms with van der Waals surface area (Å²) in [5.74, 6) is -0.592. The molecule has 0 spiro atoms. The molecule has 120 valence electrons. The fourth-order valence-electron chi connectivity index (χ4n) is 3.06. The molecule has 1 N–H and O–H groups in total. The van der Waals surface area contributed by atoms with Crippen LogP contribution < -0.4 is 4.74 Å². The minimum Gasteiger partial charge on any atom is -0.480 e. The molecule has 0 radical (unpaired) electrons. The largest absolute Gasteiger partial charge is 0.480 e. The summed E-state index contributed by atoms with van der Waals surface area (Å²) >= 11 is 0. The number of rotatable bonds is 4. The number of nitrogens with zero attached hydrogens (tertiary/aromatic N) is 1. The minimum absolute atomic E-state index is 0.275. The maximum absolute atomic E-state index is 12.5. The minimum atomic E-state index is -0.951. The van der Waals surface area contributed by atoms with E-state index in [2.05, 4.69) is 0 Å². The number of carbonyl (C=O) groups excluding carboxylic acids is 1. The number of ether oxygens (including phenoxy) is 1. The molecule has 2 aromatic carbocycles. The van der Waals surface area contributed by atoms with Crippen molar-refractivity contribution in [3.8, 4) is 5.75 Å². The molecule has 2 atom stereocenters. The first-order valence-electron chi connectivity index (χ1n) is 7.75. The third-order valence-electron chi connectivity index (χ3n) is 4.22. The molecule has 1 aliphatic rings. The molecule has 0 bridgehead atoms. The first-order chi connectivity index (χ1) is 11.1. The highest BCUT2D eigenvalue weighted by Gasteiger charge is 2.36. The van der Waals surface area contributed by atoms with E-state index in [1.807, 2.05) is 42.5 Å². The number of hydrogen-bond acceptors (Lipinski definition) is 3. The lowest BCUT2D eigenvalue weighted by molar-refractivity contribution is -0.150. The molecule has 0 aliphatic carbocycles. The van der Waals surface area contributed by atoms with Gasteiger partial charge < -0.3 is 14.7 Å². The number of hydrogen-bond donors (Lipinski definition) is 1. The molecule has 0 aromatic heterocycles. The highest BCUT2D eigenvalue weighted by Crippen LogP contribution is 2.27. The summed E-state index contributed by atoms with van der Waals surface area (Å²) in [7, 11) is 0. The Hall–Kier alpha value is -2.56. The lowest BCUT2D eigenvalue weighted by atomic mass is 10.1. The van der Waals surface area contributed by atoms with E-state index in [1.165, 1.54) is 4.90 Å². The van der Waals surface area contributed by atoms with Gasteiger partial charge in [0.1, 0.15) is 11.8 Å². The Kier molecular flexibility index (Phi) is 4.19. The van der Waals surface area contributed by atoms with Crippen molar-refractivity contribution in [3.05, 3.63) is 42.5 Å². The average molecular weight is 313 g/mol. The lowest BCUT2D eigenvalue weighted by Gasteiger charge is -2.25. The number of aliphatic carboxylic acids is 1. The van der Waals surface area contributed by atoms with E-state index in [1.54, 1.807) is 6.92 Å². The second-order valence-electron chi connectivity index (χ2n) is 5.77. The van der Waals surface area contributed by atoms with Gasteiger partial charge in [-0.15, -0.1) is 0 Å². The number of fused-ring (bicyclic) bond motifs is 1. The highest BCUT2D eigenvalue weighted by molar-refractivity contribution is 5.90. The van der Waals surface area contributed by atoms with Gasteiger partial charge in [0.25, 0.3) is 5.91 Å². The van der Waals surface area contributed by atoms with E-state index in [0.29, 0.717) is 25.1 Å². The molecule has 1 fully saturated rings. The van der Waals surface area contributed by atoms with Gasteiger partial charge in [-0.05, 0) is 31.2 Å². The third-order valence-corrected chi connectivity index (χ3v) is 4.22. The Morgan fingerprint density at radius 1 is 1.22 bits per heavy atom. The second-order valence-corrected chi connectivity index (χ2v) is 5.77. The van der Waals surface area contributed by atoms with Crippen LogP contribution in [0, 0.1) is 0 Å². The number of likely N-dealkylation sites (tertiary alicyclic amines) is 1. The number of carboxylic acid groups (broad SMARTS) is 1. The van der Waals surface area contributed by atoms with Crippen LogP contribution in [0.25, 0.3) is 10.8 Å². The van der Waals surface area contributed by atoms with Gasteiger partial charge in [0.15, 0.2) is 6.10 Å². The van der Waals surface area contributed by atoms with Crippen molar-refractivity contribution in [1.29, 1.82) is 0 Å². The average Bonchev–Trinajstić information content (AvgIpc) is 3.04. The molecule has 5 nitrogen and oxygen atoms in total. The van der Waals surface area contributed by atoms with Crippen molar-refractivity contribution >= 4 is 22.6 Å². The van der Waals surface area contributed by atoms with Crippen molar-refractivity contribution in [2.75, 3.05) is 6.54 Å². The van der Waals surface area contributed by atoms with Crippen LogP contribution in [-0.2, 0) is 9.59 Å². The Balaban J connectivity index is 1.79. The number of amides is 1. The van der Waals surface area contributed by atoms with Crippen molar-refractivity contribution in [1.82, 2.24) is 4.90 Å². The summed E-state index contributed by atoms with van der Waals surface area (Å²) in [6, 6.07) is 12.7. The van der Waals surface area contributed by atoms with Crippen molar-refractivity contribution < 1.29 is 19.4 Å². The van der Waals surface area contributed by atoms with E-state index in [4.69, 9.17) is 4.74 Å². The quantitative estimate of drug-likeness (QED) is 0.942. The van der Waals surface area contributed by atoms with Crippen LogP contribution in [0.15, 0.2) is 42.5 Å². The SMILES string of the molecule is CC(Oc1cccc2ccccc12)C(=O)N1CCC[C@H]1C(=O)O. The summed E-state index contributed by atoms with van der Waals surface area (Å²) in [6.07, 6.45) is 0.493. The van der Waals surface area contributed by atoms with Gasteiger partial charge in [-0.2, -0.15) is 0 Å². The van der Waals surface area contributed by atoms with E-state index < -0.39 is 18.1 Å². The number of carboxylic acids is 1. The second kappa shape index (κ2) is 6.28. The summed E-state index contributed by atoms with van der Waals surface area (Å²) in [5, 5.41) is 11.2. The first kappa shape index (κ1) is 15.3. The van der Waals surface area contributed by atoms with Crippen LogP contribution >= 0.6 is 0 Å². The fourth-order valence-corrected chi connectivity index (χ4v) is 3.06. The number of benzene rings is 2.